The molecule has 0 heterocycles. The number of benzene rings is 2. The van der Waals surface area contributed by atoms with Crippen LogP contribution in [-0.2, 0) is 9.59 Å². The quantitative estimate of drug-likeness (QED) is 0.869. The number of carbonyl (C=O) groups excluding carboxylic acids is 2. The number of anilines is 2. The molecule has 2 aromatic rings. The first-order valence-corrected chi connectivity index (χ1v) is 7.83. The number of hydrogen-bond acceptors (Lipinski definition) is 3. The molecule has 1 N–H and O–H groups in total. The normalized spacial score (nSPS) is 10.2. The third-order valence-corrected chi connectivity index (χ3v) is 3.64. The minimum atomic E-state index is -0.380. The zero-order valence-corrected chi connectivity index (χ0v) is 14.7. The highest BCUT2D eigenvalue weighted by molar-refractivity contribution is 6.35. The number of amides is 2. The van der Waals surface area contributed by atoms with Gasteiger partial charge in [0.05, 0.1) is 12.8 Å². The zero-order valence-electron chi connectivity index (χ0n) is 13.2. The Balaban J connectivity index is 2.18. The van der Waals surface area contributed by atoms with Gasteiger partial charge in [0.25, 0.3) is 0 Å². The van der Waals surface area contributed by atoms with E-state index in [1.807, 2.05) is 0 Å². The fourth-order valence-electron chi connectivity index (χ4n) is 2.19. The summed E-state index contributed by atoms with van der Waals surface area (Å²) in [6.45, 7) is 1.22. The number of carbonyl (C=O) groups is 2. The summed E-state index contributed by atoms with van der Waals surface area (Å²) in [5, 5.41) is 3.49. The average Bonchev–Trinajstić information content (AvgIpc) is 2.51. The van der Waals surface area contributed by atoms with Gasteiger partial charge < -0.3 is 10.1 Å². The predicted molar refractivity (Wildman–Crippen MR) is 96.1 cm³/mol. The van der Waals surface area contributed by atoms with Gasteiger partial charge in [0.1, 0.15) is 12.3 Å². The van der Waals surface area contributed by atoms with Crippen LogP contribution in [0.5, 0.6) is 5.75 Å². The van der Waals surface area contributed by atoms with Gasteiger partial charge in [0, 0.05) is 22.7 Å². The average molecular weight is 367 g/mol. The molecule has 2 aromatic carbocycles. The SMILES string of the molecule is COc1ccccc1N(CC(=O)Nc1cc(Cl)cc(Cl)c1)C(C)=O. The standard InChI is InChI=1S/C17H16Cl2N2O3/c1-11(22)21(15-5-3-4-6-16(15)24-2)10-17(23)20-14-8-12(18)7-13(19)9-14/h3-9H,10H2,1-2H3,(H,20,23). The minimum absolute atomic E-state index is 0.167. The molecule has 0 aliphatic carbocycles. The molecular formula is C17H16Cl2N2O3. The summed E-state index contributed by atoms with van der Waals surface area (Å²) in [6, 6.07) is 11.7. The van der Waals surface area contributed by atoms with Crippen molar-refractivity contribution in [2.24, 2.45) is 0 Å². The van der Waals surface area contributed by atoms with Gasteiger partial charge in [-0.3, -0.25) is 14.5 Å². The van der Waals surface area contributed by atoms with Gasteiger partial charge in [-0.2, -0.15) is 0 Å². The Bertz CT molecular complexity index is 745. The maximum absolute atomic E-state index is 12.3. The van der Waals surface area contributed by atoms with Crippen molar-refractivity contribution < 1.29 is 14.3 Å². The first-order valence-electron chi connectivity index (χ1n) is 7.07. The Labute approximate surface area is 150 Å². The number of para-hydroxylation sites is 2. The highest BCUT2D eigenvalue weighted by Crippen LogP contribution is 2.28. The molecule has 2 amide bonds. The molecular weight excluding hydrogens is 351 g/mol. The van der Waals surface area contributed by atoms with Gasteiger partial charge in [-0.25, -0.2) is 0 Å². The summed E-state index contributed by atoms with van der Waals surface area (Å²) >= 11 is 11.8. The molecule has 0 unspecified atom stereocenters. The Morgan fingerprint density at radius 2 is 1.75 bits per heavy atom. The molecule has 0 spiro atoms. The van der Waals surface area contributed by atoms with Crippen molar-refractivity contribution in [3.63, 3.8) is 0 Å². The second-order valence-electron chi connectivity index (χ2n) is 4.98. The number of halogens is 2. The molecule has 0 aliphatic heterocycles. The summed E-state index contributed by atoms with van der Waals surface area (Å²) in [7, 11) is 1.51. The molecule has 5 nitrogen and oxygen atoms in total. The van der Waals surface area contributed by atoms with Crippen molar-refractivity contribution in [1.82, 2.24) is 0 Å². The van der Waals surface area contributed by atoms with E-state index in [2.05, 4.69) is 5.32 Å². The predicted octanol–water partition coefficient (Wildman–Crippen LogP) is 3.99. The van der Waals surface area contributed by atoms with Crippen LogP contribution in [0.1, 0.15) is 6.92 Å². The number of ether oxygens (including phenoxy) is 1. The van der Waals surface area contributed by atoms with Gasteiger partial charge in [-0.05, 0) is 30.3 Å². The molecule has 0 atom stereocenters. The number of hydrogen-bond donors (Lipinski definition) is 1. The summed E-state index contributed by atoms with van der Waals surface area (Å²) in [5.41, 5.74) is 0.979. The number of rotatable bonds is 5. The van der Waals surface area contributed by atoms with Crippen molar-refractivity contribution in [2.45, 2.75) is 6.92 Å². The lowest BCUT2D eigenvalue weighted by molar-refractivity contribution is -0.120. The molecule has 0 saturated heterocycles. The number of nitrogens with one attached hydrogen (secondary N) is 1. The largest absolute Gasteiger partial charge is 0.495 e. The van der Waals surface area contributed by atoms with Crippen LogP contribution in [0.15, 0.2) is 42.5 Å². The van der Waals surface area contributed by atoms with Crippen molar-refractivity contribution in [3.05, 3.63) is 52.5 Å². The van der Waals surface area contributed by atoms with Crippen molar-refractivity contribution in [2.75, 3.05) is 23.9 Å². The van der Waals surface area contributed by atoms with E-state index in [1.54, 1.807) is 42.5 Å². The van der Waals surface area contributed by atoms with Crippen LogP contribution < -0.4 is 15.0 Å². The van der Waals surface area contributed by atoms with Gasteiger partial charge >= 0.3 is 0 Å². The van der Waals surface area contributed by atoms with E-state index in [0.29, 0.717) is 27.2 Å². The third-order valence-electron chi connectivity index (χ3n) is 3.20. The van der Waals surface area contributed by atoms with Crippen LogP contribution in [0.3, 0.4) is 0 Å². The van der Waals surface area contributed by atoms with Crippen LogP contribution in [0, 0.1) is 0 Å². The van der Waals surface area contributed by atoms with Crippen LogP contribution in [-0.4, -0.2) is 25.5 Å². The first-order chi connectivity index (χ1) is 11.4. The monoisotopic (exact) mass is 366 g/mol. The molecule has 0 aliphatic rings. The maximum atomic E-state index is 12.3. The lowest BCUT2D eigenvalue weighted by atomic mass is 10.2. The van der Waals surface area contributed by atoms with E-state index in [-0.39, 0.29) is 18.4 Å². The van der Waals surface area contributed by atoms with Gasteiger partial charge in [0.15, 0.2) is 0 Å². The van der Waals surface area contributed by atoms with Gasteiger partial charge in [-0.1, -0.05) is 35.3 Å². The molecule has 0 bridgehead atoms. The Kier molecular flexibility index (Phi) is 6.06. The summed E-state index contributed by atoms with van der Waals surface area (Å²) in [6.07, 6.45) is 0. The minimum Gasteiger partial charge on any atom is -0.495 e. The number of nitrogens with zero attached hydrogens (tertiary/aromatic N) is 1. The molecule has 0 radical (unpaired) electrons. The lowest BCUT2D eigenvalue weighted by Crippen LogP contribution is -2.36. The Hall–Kier alpha value is -2.24. The third kappa shape index (κ3) is 4.63. The fraction of sp³-hybridized carbons (Fsp3) is 0.176. The van der Waals surface area contributed by atoms with Gasteiger partial charge in [-0.15, -0.1) is 0 Å². The van der Waals surface area contributed by atoms with Crippen LogP contribution in [0.4, 0.5) is 11.4 Å². The molecule has 126 valence electrons. The molecule has 7 heteroatoms. The molecule has 0 fully saturated rings. The van der Waals surface area contributed by atoms with Crippen LogP contribution >= 0.6 is 23.2 Å². The van der Waals surface area contributed by atoms with E-state index >= 15 is 0 Å². The maximum Gasteiger partial charge on any atom is 0.244 e. The second-order valence-corrected chi connectivity index (χ2v) is 5.86. The van der Waals surface area contributed by atoms with Gasteiger partial charge in [0.2, 0.25) is 11.8 Å². The number of methoxy groups -OCH3 is 1. The van der Waals surface area contributed by atoms with E-state index in [4.69, 9.17) is 27.9 Å². The molecule has 0 saturated carbocycles. The first kappa shape index (κ1) is 18.1. The van der Waals surface area contributed by atoms with Crippen LogP contribution in [0.25, 0.3) is 0 Å². The van der Waals surface area contributed by atoms with E-state index < -0.39 is 0 Å². The molecule has 2 rings (SSSR count). The topological polar surface area (TPSA) is 58.6 Å². The van der Waals surface area contributed by atoms with Crippen molar-refractivity contribution >= 4 is 46.4 Å². The van der Waals surface area contributed by atoms with Crippen LogP contribution in [0.2, 0.25) is 10.0 Å². The van der Waals surface area contributed by atoms with E-state index in [9.17, 15) is 9.59 Å². The summed E-state index contributed by atoms with van der Waals surface area (Å²) in [5.74, 6) is -0.153. The highest BCUT2D eigenvalue weighted by Gasteiger charge is 2.19. The summed E-state index contributed by atoms with van der Waals surface area (Å²) in [4.78, 5) is 25.6. The van der Waals surface area contributed by atoms with Crippen molar-refractivity contribution in [1.29, 1.82) is 0 Å². The molecule has 24 heavy (non-hydrogen) atoms. The Morgan fingerprint density at radius 3 is 2.33 bits per heavy atom. The smallest absolute Gasteiger partial charge is 0.244 e. The van der Waals surface area contributed by atoms with E-state index in [0.717, 1.165) is 0 Å². The molecule has 0 aromatic heterocycles. The summed E-state index contributed by atoms with van der Waals surface area (Å²) < 4.78 is 5.25. The van der Waals surface area contributed by atoms with E-state index in [1.165, 1.54) is 18.9 Å². The highest BCUT2D eigenvalue weighted by atomic mass is 35.5. The lowest BCUT2D eigenvalue weighted by Gasteiger charge is -2.22. The second kappa shape index (κ2) is 8.04. The fourth-order valence-corrected chi connectivity index (χ4v) is 2.72. The zero-order chi connectivity index (χ0) is 17.7. The Morgan fingerprint density at radius 1 is 1.12 bits per heavy atom. The van der Waals surface area contributed by atoms with Crippen molar-refractivity contribution in [3.8, 4) is 5.75 Å².